The van der Waals surface area contributed by atoms with Crippen LogP contribution in [0.5, 0.6) is 17.2 Å². The molecule has 0 bridgehead atoms. The number of aliphatic hydroxyl groups is 1. The van der Waals surface area contributed by atoms with Crippen molar-refractivity contribution in [1.82, 2.24) is 0 Å². The van der Waals surface area contributed by atoms with E-state index in [4.69, 9.17) is 9.47 Å². The molecule has 5 rings (SSSR count). The number of carbonyl (C=O) groups is 2. The Labute approximate surface area is 163 Å². The van der Waals surface area contributed by atoms with Crippen LogP contribution in [0.25, 0.3) is 0 Å². The molecular weight excluding hydrogens is 360 g/mol. The number of fused-ring (bicyclic) bond motifs is 7. The first kappa shape index (κ1) is 17.7. The molecule has 0 amide bonds. The molecular formula is C22H24O6. The molecule has 2 fully saturated rings. The van der Waals surface area contributed by atoms with Gasteiger partial charge in [0.15, 0.2) is 11.5 Å². The summed E-state index contributed by atoms with van der Waals surface area (Å²) in [5.74, 6) is -0.452. The summed E-state index contributed by atoms with van der Waals surface area (Å²) in [4.78, 5) is 24.1. The molecule has 5 atom stereocenters. The first-order chi connectivity index (χ1) is 13.4. The molecule has 2 saturated carbocycles. The van der Waals surface area contributed by atoms with Gasteiger partial charge in [0.05, 0.1) is 6.10 Å². The van der Waals surface area contributed by atoms with Crippen molar-refractivity contribution in [2.45, 2.75) is 57.5 Å². The molecule has 1 aliphatic heterocycles. The molecule has 1 aromatic rings. The van der Waals surface area contributed by atoms with Crippen molar-refractivity contribution in [3.63, 3.8) is 0 Å². The van der Waals surface area contributed by atoms with Crippen molar-refractivity contribution in [1.29, 1.82) is 0 Å². The summed E-state index contributed by atoms with van der Waals surface area (Å²) in [6, 6.07) is 1.65. The van der Waals surface area contributed by atoms with E-state index in [2.05, 4.69) is 6.92 Å². The number of esters is 2. The quantitative estimate of drug-likeness (QED) is 0.528. The Morgan fingerprint density at radius 2 is 1.75 bits per heavy atom. The molecule has 4 aliphatic rings. The number of hydrogen-bond donors (Lipinski definition) is 2. The molecule has 0 radical (unpaired) electrons. The maximum atomic E-state index is 12.1. The second-order valence-electron chi connectivity index (χ2n) is 8.86. The largest absolute Gasteiger partial charge is 0.504 e. The number of carbonyl (C=O) groups excluding carboxylic acids is 2. The Hall–Kier alpha value is -2.34. The van der Waals surface area contributed by atoms with Crippen LogP contribution in [0.15, 0.2) is 18.2 Å². The Balaban J connectivity index is 1.63. The van der Waals surface area contributed by atoms with Crippen LogP contribution in [0, 0.1) is 17.3 Å². The normalized spacial score (nSPS) is 37.4. The SMILES string of the molecule is C[C@]12CC[C@@H]3c4c(cc(O)c5c4OC(=O)/C=C\C(=O)O5)CC[C@@H]3[C@@H]1CC[C@@H]2O. The fraction of sp³-hybridized carbons (Fsp3) is 0.545. The van der Waals surface area contributed by atoms with Gasteiger partial charge in [-0.25, -0.2) is 9.59 Å². The average Bonchev–Trinajstić information content (AvgIpc) is 2.96. The highest BCUT2D eigenvalue weighted by atomic mass is 16.6. The lowest BCUT2D eigenvalue weighted by Crippen LogP contribution is -2.44. The van der Waals surface area contributed by atoms with Gasteiger partial charge in [-0.2, -0.15) is 0 Å². The van der Waals surface area contributed by atoms with Crippen molar-refractivity contribution in [3.8, 4) is 17.2 Å². The van der Waals surface area contributed by atoms with E-state index < -0.39 is 11.9 Å². The van der Waals surface area contributed by atoms with Gasteiger partial charge in [-0.05, 0) is 73.3 Å². The monoisotopic (exact) mass is 384 g/mol. The lowest BCUT2D eigenvalue weighted by atomic mass is 9.55. The van der Waals surface area contributed by atoms with Crippen molar-refractivity contribution in [3.05, 3.63) is 29.3 Å². The van der Waals surface area contributed by atoms with Gasteiger partial charge in [0.1, 0.15) is 0 Å². The number of aryl methyl sites for hydroxylation is 1. The minimum Gasteiger partial charge on any atom is -0.504 e. The maximum Gasteiger partial charge on any atom is 0.336 e. The van der Waals surface area contributed by atoms with Gasteiger partial charge in [-0.15, -0.1) is 0 Å². The highest BCUT2D eigenvalue weighted by molar-refractivity contribution is 5.96. The van der Waals surface area contributed by atoms with Crippen LogP contribution in [-0.2, 0) is 16.0 Å². The number of ether oxygens (including phenoxy) is 2. The minimum absolute atomic E-state index is 0.0596. The first-order valence-corrected chi connectivity index (χ1v) is 10.1. The summed E-state index contributed by atoms with van der Waals surface area (Å²) in [5, 5.41) is 21.0. The fourth-order valence-electron chi connectivity index (χ4n) is 6.25. The van der Waals surface area contributed by atoms with Crippen LogP contribution < -0.4 is 9.47 Å². The molecule has 1 aromatic carbocycles. The van der Waals surface area contributed by atoms with Crippen molar-refractivity contribution in [2.75, 3.05) is 0 Å². The lowest BCUT2D eigenvalue weighted by molar-refractivity contribution is -0.133. The zero-order valence-corrected chi connectivity index (χ0v) is 15.8. The summed E-state index contributed by atoms with van der Waals surface area (Å²) in [6.07, 6.45) is 7.16. The topological polar surface area (TPSA) is 93.1 Å². The molecule has 148 valence electrons. The molecule has 2 N–H and O–H groups in total. The van der Waals surface area contributed by atoms with Gasteiger partial charge in [0.2, 0.25) is 5.75 Å². The molecule has 0 unspecified atom stereocenters. The van der Waals surface area contributed by atoms with Crippen molar-refractivity contribution < 1.29 is 29.3 Å². The number of rotatable bonds is 0. The highest BCUT2D eigenvalue weighted by Gasteiger charge is 2.55. The second-order valence-corrected chi connectivity index (χ2v) is 8.86. The lowest BCUT2D eigenvalue weighted by Gasteiger charge is -2.50. The van der Waals surface area contributed by atoms with E-state index in [1.807, 2.05) is 0 Å². The number of phenolic OH excluding ortho intramolecular Hbond substituents is 1. The summed E-state index contributed by atoms with van der Waals surface area (Å²) >= 11 is 0. The summed E-state index contributed by atoms with van der Waals surface area (Å²) in [7, 11) is 0. The number of phenols is 1. The van der Waals surface area contributed by atoms with Gasteiger partial charge in [-0.3, -0.25) is 0 Å². The van der Waals surface area contributed by atoms with E-state index in [0.29, 0.717) is 11.8 Å². The predicted octanol–water partition coefficient (Wildman–Crippen LogP) is 2.99. The Morgan fingerprint density at radius 1 is 1.04 bits per heavy atom. The van der Waals surface area contributed by atoms with E-state index in [-0.39, 0.29) is 34.7 Å². The highest BCUT2D eigenvalue weighted by Crippen LogP contribution is 2.63. The summed E-state index contributed by atoms with van der Waals surface area (Å²) in [5.41, 5.74) is 1.78. The summed E-state index contributed by atoms with van der Waals surface area (Å²) < 4.78 is 10.9. The first-order valence-electron chi connectivity index (χ1n) is 10.1. The summed E-state index contributed by atoms with van der Waals surface area (Å²) in [6.45, 7) is 2.20. The number of benzene rings is 1. The van der Waals surface area contributed by atoms with E-state index in [9.17, 15) is 19.8 Å². The fourth-order valence-corrected chi connectivity index (χ4v) is 6.25. The standard InChI is InChI=1S/C22H24O6/c1-22-9-8-13-12(14(22)4-5-16(22)24)3-2-11-10-15(23)20-21(19(11)13)28-18(26)7-6-17(25)27-20/h6-7,10,12-14,16,23-24H,2-5,8-9H2,1H3/b7-6-/t12-,13-,14-,16-,22-/m0/s1. The van der Waals surface area contributed by atoms with Gasteiger partial charge < -0.3 is 19.7 Å². The molecule has 0 saturated heterocycles. The molecule has 0 spiro atoms. The molecule has 28 heavy (non-hydrogen) atoms. The van der Waals surface area contributed by atoms with Gasteiger partial charge in [0.25, 0.3) is 0 Å². The minimum atomic E-state index is -0.712. The third-order valence-electron chi connectivity index (χ3n) is 7.61. The van der Waals surface area contributed by atoms with Crippen LogP contribution in [0.1, 0.15) is 56.1 Å². The molecule has 1 heterocycles. The van der Waals surface area contributed by atoms with E-state index >= 15 is 0 Å². The third-order valence-corrected chi connectivity index (χ3v) is 7.61. The third kappa shape index (κ3) is 2.43. The number of aromatic hydroxyl groups is 1. The maximum absolute atomic E-state index is 12.1. The zero-order chi connectivity index (χ0) is 19.6. The number of aliphatic hydroxyl groups excluding tert-OH is 1. The van der Waals surface area contributed by atoms with E-state index in [1.54, 1.807) is 6.07 Å². The Bertz CT molecular complexity index is 903. The zero-order valence-electron chi connectivity index (χ0n) is 15.8. The molecule has 0 aromatic heterocycles. The smallest absolute Gasteiger partial charge is 0.336 e. The Kier molecular flexibility index (Phi) is 3.85. The van der Waals surface area contributed by atoms with Crippen LogP contribution in [0.3, 0.4) is 0 Å². The van der Waals surface area contributed by atoms with E-state index in [0.717, 1.165) is 61.8 Å². The molecule has 6 heteroatoms. The van der Waals surface area contributed by atoms with Gasteiger partial charge in [0, 0.05) is 17.7 Å². The second kappa shape index (κ2) is 6.08. The van der Waals surface area contributed by atoms with E-state index in [1.165, 1.54) is 0 Å². The van der Waals surface area contributed by atoms with Gasteiger partial charge in [-0.1, -0.05) is 6.92 Å². The van der Waals surface area contributed by atoms with Crippen LogP contribution >= 0.6 is 0 Å². The average molecular weight is 384 g/mol. The Morgan fingerprint density at radius 3 is 2.50 bits per heavy atom. The molecule has 3 aliphatic carbocycles. The van der Waals surface area contributed by atoms with Crippen LogP contribution in [0.2, 0.25) is 0 Å². The molecule has 6 nitrogen and oxygen atoms in total. The predicted molar refractivity (Wildman–Crippen MR) is 99.1 cm³/mol. The van der Waals surface area contributed by atoms with Gasteiger partial charge >= 0.3 is 11.9 Å². The van der Waals surface area contributed by atoms with Crippen LogP contribution in [0.4, 0.5) is 0 Å². The van der Waals surface area contributed by atoms with Crippen molar-refractivity contribution in [2.24, 2.45) is 17.3 Å². The van der Waals surface area contributed by atoms with Crippen molar-refractivity contribution >= 4 is 11.9 Å². The number of hydrogen-bond acceptors (Lipinski definition) is 6. The van der Waals surface area contributed by atoms with Crippen LogP contribution in [-0.4, -0.2) is 28.3 Å².